The van der Waals surface area contributed by atoms with Gasteiger partial charge in [-0.3, -0.25) is 4.79 Å². The molecular weight excluding hydrogens is 348 g/mol. The molecule has 6 heteroatoms. The van der Waals surface area contributed by atoms with Gasteiger partial charge in [0.15, 0.2) is 17.3 Å². The number of unbranched alkanes of at least 4 members (excludes halogenated alkanes) is 1. The van der Waals surface area contributed by atoms with Gasteiger partial charge in [-0.25, -0.2) is 0 Å². The Kier molecular flexibility index (Phi) is 5.86. The molecule has 1 heterocycles. The van der Waals surface area contributed by atoms with Crippen LogP contribution in [-0.2, 0) is 16.0 Å². The van der Waals surface area contributed by atoms with Crippen LogP contribution in [-0.4, -0.2) is 36.3 Å². The predicted molar refractivity (Wildman–Crippen MR) is 99.5 cm³/mol. The van der Waals surface area contributed by atoms with Crippen LogP contribution in [0.2, 0.25) is 0 Å². The molecule has 144 valence electrons. The molecule has 1 aliphatic rings. The van der Waals surface area contributed by atoms with Crippen molar-refractivity contribution >= 4 is 5.78 Å². The van der Waals surface area contributed by atoms with Crippen molar-refractivity contribution in [2.75, 3.05) is 14.2 Å². The van der Waals surface area contributed by atoms with Crippen molar-refractivity contribution in [3.8, 4) is 23.0 Å². The third-order valence-electron chi connectivity index (χ3n) is 4.79. The van der Waals surface area contributed by atoms with E-state index in [1.807, 2.05) is 24.3 Å². The standard InChI is InChI=1S/C21H24O6/c1-25-14-9-7-13(8-10-14)20-21(27-20)17(23)6-4-3-5-15-16(22)11-12-18(26-2)19(15)24/h7-12,20-22,24H,3-6H2,1-2H3. The molecule has 1 fully saturated rings. The molecule has 0 aliphatic carbocycles. The number of phenolic OH excluding ortho intramolecular Hbond substituents is 2. The van der Waals surface area contributed by atoms with Crippen molar-refractivity contribution in [1.82, 2.24) is 0 Å². The first kappa shape index (κ1) is 19.0. The number of carbonyl (C=O) groups is 1. The number of benzene rings is 2. The Morgan fingerprint density at radius 3 is 2.44 bits per heavy atom. The second kappa shape index (κ2) is 8.31. The number of hydrogen-bond donors (Lipinski definition) is 2. The number of ketones is 1. The van der Waals surface area contributed by atoms with E-state index in [9.17, 15) is 15.0 Å². The average Bonchev–Trinajstić information content (AvgIpc) is 3.48. The van der Waals surface area contributed by atoms with Crippen LogP contribution in [0.25, 0.3) is 0 Å². The highest BCUT2D eigenvalue weighted by molar-refractivity contribution is 5.86. The van der Waals surface area contributed by atoms with Crippen LogP contribution in [0.4, 0.5) is 0 Å². The summed E-state index contributed by atoms with van der Waals surface area (Å²) in [4.78, 5) is 12.3. The lowest BCUT2D eigenvalue weighted by molar-refractivity contribution is -0.120. The van der Waals surface area contributed by atoms with E-state index in [1.165, 1.54) is 19.2 Å². The Hall–Kier alpha value is -2.73. The fourth-order valence-electron chi connectivity index (χ4n) is 3.16. The van der Waals surface area contributed by atoms with Gasteiger partial charge in [0.2, 0.25) is 0 Å². The third-order valence-corrected chi connectivity index (χ3v) is 4.79. The largest absolute Gasteiger partial charge is 0.508 e. The Morgan fingerprint density at radius 1 is 1.04 bits per heavy atom. The summed E-state index contributed by atoms with van der Waals surface area (Å²) in [6.07, 6.45) is 1.65. The lowest BCUT2D eigenvalue weighted by Crippen LogP contribution is -2.07. The van der Waals surface area contributed by atoms with Crippen LogP contribution in [0.5, 0.6) is 23.0 Å². The number of Topliss-reactive ketones (excluding diaryl/α,β-unsaturated/α-hetero) is 1. The summed E-state index contributed by atoms with van der Waals surface area (Å²) in [6.45, 7) is 0. The first-order chi connectivity index (χ1) is 13.0. The smallest absolute Gasteiger partial charge is 0.164 e. The summed E-state index contributed by atoms with van der Waals surface area (Å²) in [5.74, 6) is 1.16. The van der Waals surface area contributed by atoms with E-state index in [1.54, 1.807) is 7.11 Å². The molecule has 1 saturated heterocycles. The number of epoxide rings is 1. The zero-order valence-electron chi connectivity index (χ0n) is 15.5. The van der Waals surface area contributed by atoms with Gasteiger partial charge in [0, 0.05) is 12.0 Å². The van der Waals surface area contributed by atoms with Gasteiger partial charge in [-0.2, -0.15) is 0 Å². The maximum atomic E-state index is 12.3. The topological polar surface area (TPSA) is 88.5 Å². The molecule has 0 bridgehead atoms. The molecule has 2 aromatic rings. The third kappa shape index (κ3) is 4.34. The monoisotopic (exact) mass is 372 g/mol. The molecule has 2 N–H and O–H groups in total. The highest BCUT2D eigenvalue weighted by Gasteiger charge is 2.45. The Morgan fingerprint density at radius 2 is 1.78 bits per heavy atom. The van der Waals surface area contributed by atoms with Crippen molar-refractivity contribution in [3.63, 3.8) is 0 Å². The number of hydrogen-bond acceptors (Lipinski definition) is 6. The number of aromatic hydroxyl groups is 2. The molecule has 0 saturated carbocycles. The van der Waals surface area contributed by atoms with Gasteiger partial charge in [-0.1, -0.05) is 12.1 Å². The van der Waals surface area contributed by atoms with Crippen LogP contribution in [0.1, 0.15) is 36.5 Å². The second-order valence-corrected chi connectivity index (χ2v) is 6.54. The van der Waals surface area contributed by atoms with Crippen molar-refractivity contribution in [2.45, 2.75) is 37.9 Å². The zero-order valence-corrected chi connectivity index (χ0v) is 15.5. The molecule has 3 rings (SSSR count). The molecule has 6 nitrogen and oxygen atoms in total. The molecule has 2 unspecified atom stereocenters. The van der Waals surface area contributed by atoms with Gasteiger partial charge in [0.1, 0.15) is 23.7 Å². The van der Waals surface area contributed by atoms with Crippen molar-refractivity contribution in [2.24, 2.45) is 0 Å². The van der Waals surface area contributed by atoms with E-state index in [2.05, 4.69) is 0 Å². The molecule has 1 aliphatic heterocycles. The maximum absolute atomic E-state index is 12.3. The van der Waals surface area contributed by atoms with Crippen LogP contribution < -0.4 is 9.47 Å². The molecule has 0 spiro atoms. The van der Waals surface area contributed by atoms with Gasteiger partial charge in [-0.15, -0.1) is 0 Å². The number of ether oxygens (including phenoxy) is 3. The summed E-state index contributed by atoms with van der Waals surface area (Å²) in [6, 6.07) is 10.5. The summed E-state index contributed by atoms with van der Waals surface area (Å²) >= 11 is 0. The van der Waals surface area contributed by atoms with E-state index in [4.69, 9.17) is 14.2 Å². The number of methoxy groups -OCH3 is 2. The number of rotatable bonds is 9. The van der Waals surface area contributed by atoms with E-state index < -0.39 is 0 Å². The van der Waals surface area contributed by atoms with Crippen LogP contribution in [0, 0.1) is 0 Å². The summed E-state index contributed by atoms with van der Waals surface area (Å²) in [7, 11) is 3.07. The summed E-state index contributed by atoms with van der Waals surface area (Å²) in [5.41, 5.74) is 1.42. The molecule has 0 aromatic heterocycles. The number of carbonyl (C=O) groups excluding carboxylic acids is 1. The fraction of sp³-hybridized carbons (Fsp3) is 0.381. The molecule has 0 radical (unpaired) electrons. The fourth-order valence-corrected chi connectivity index (χ4v) is 3.16. The summed E-state index contributed by atoms with van der Waals surface area (Å²) < 4.78 is 15.7. The van der Waals surface area contributed by atoms with Crippen molar-refractivity contribution < 1.29 is 29.2 Å². The first-order valence-electron chi connectivity index (χ1n) is 8.95. The zero-order chi connectivity index (χ0) is 19.4. The van der Waals surface area contributed by atoms with Crippen LogP contribution >= 0.6 is 0 Å². The van der Waals surface area contributed by atoms with Gasteiger partial charge in [0.05, 0.1) is 14.2 Å². The van der Waals surface area contributed by atoms with Crippen molar-refractivity contribution in [1.29, 1.82) is 0 Å². The quantitative estimate of drug-likeness (QED) is 0.517. The lowest BCUT2D eigenvalue weighted by Gasteiger charge is -2.10. The van der Waals surface area contributed by atoms with E-state index in [0.29, 0.717) is 37.0 Å². The van der Waals surface area contributed by atoms with Gasteiger partial charge >= 0.3 is 0 Å². The van der Waals surface area contributed by atoms with E-state index >= 15 is 0 Å². The second-order valence-electron chi connectivity index (χ2n) is 6.54. The Labute approximate surface area is 158 Å². The minimum Gasteiger partial charge on any atom is -0.508 e. The molecule has 0 amide bonds. The molecule has 2 atom stereocenters. The molecule has 2 aromatic carbocycles. The van der Waals surface area contributed by atoms with Crippen LogP contribution in [0.15, 0.2) is 36.4 Å². The number of phenols is 2. The van der Waals surface area contributed by atoms with Gasteiger partial charge < -0.3 is 24.4 Å². The van der Waals surface area contributed by atoms with E-state index in [0.717, 1.165) is 11.3 Å². The minimum atomic E-state index is -0.378. The minimum absolute atomic E-state index is 0.0322. The normalized spacial score (nSPS) is 18.1. The average molecular weight is 372 g/mol. The molecule has 27 heavy (non-hydrogen) atoms. The highest BCUT2D eigenvalue weighted by Crippen LogP contribution is 2.41. The van der Waals surface area contributed by atoms with Gasteiger partial charge in [0.25, 0.3) is 0 Å². The lowest BCUT2D eigenvalue weighted by atomic mass is 10.0. The molecular formula is C21H24O6. The highest BCUT2D eigenvalue weighted by atomic mass is 16.6. The summed E-state index contributed by atoms with van der Waals surface area (Å²) in [5, 5.41) is 20.0. The van der Waals surface area contributed by atoms with Gasteiger partial charge in [-0.05, 0) is 49.1 Å². The Balaban J connectivity index is 1.46. The SMILES string of the molecule is COc1ccc(C2OC2C(=O)CCCCc2c(O)ccc(OC)c2O)cc1. The van der Waals surface area contributed by atoms with Crippen LogP contribution in [0.3, 0.4) is 0 Å². The first-order valence-corrected chi connectivity index (χ1v) is 8.95. The Bertz CT molecular complexity index is 799. The van der Waals surface area contributed by atoms with Crippen molar-refractivity contribution in [3.05, 3.63) is 47.5 Å². The predicted octanol–water partition coefficient (Wildman–Crippen LogP) is 3.54. The maximum Gasteiger partial charge on any atom is 0.164 e. The van der Waals surface area contributed by atoms with E-state index in [-0.39, 0.29) is 29.5 Å².